The number of fused-ring (bicyclic) bond motifs is 2. The van der Waals surface area contributed by atoms with Gasteiger partial charge in [0.25, 0.3) is 0 Å². The van der Waals surface area contributed by atoms with Crippen LogP contribution >= 0.6 is 0 Å². The van der Waals surface area contributed by atoms with Gasteiger partial charge in [0.1, 0.15) is 0 Å². The Morgan fingerprint density at radius 3 is 2.95 bits per heavy atom. The van der Waals surface area contributed by atoms with Crippen LogP contribution in [-0.2, 0) is 11.2 Å². The first-order chi connectivity index (χ1) is 9.61. The number of carbonyl (C=O) groups is 1. The molecule has 1 aromatic rings. The van der Waals surface area contributed by atoms with Crippen molar-refractivity contribution in [1.82, 2.24) is 0 Å². The van der Waals surface area contributed by atoms with Crippen LogP contribution in [0.3, 0.4) is 0 Å². The van der Waals surface area contributed by atoms with E-state index < -0.39 is 0 Å². The van der Waals surface area contributed by atoms with Crippen LogP contribution in [0.15, 0.2) is 12.1 Å². The van der Waals surface area contributed by atoms with Crippen molar-refractivity contribution in [1.29, 1.82) is 0 Å². The molecule has 1 saturated heterocycles. The van der Waals surface area contributed by atoms with Gasteiger partial charge in [-0.3, -0.25) is 4.79 Å². The van der Waals surface area contributed by atoms with Crippen molar-refractivity contribution in [3.8, 4) is 0 Å². The first-order valence-corrected chi connectivity index (χ1v) is 7.27. The number of aliphatic hydroxyl groups excluding tert-OH is 1. The predicted molar refractivity (Wildman–Crippen MR) is 77.6 cm³/mol. The van der Waals surface area contributed by atoms with Gasteiger partial charge in [0, 0.05) is 24.7 Å². The lowest BCUT2D eigenvalue weighted by Gasteiger charge is -2.23. The third-order valence-electron chi connectivity index (χ3n) is 5.04. The summed E-state index contributed by atoms with van der Waals surface area (Å²) >= 11 is 0. The minimum absolute atomic E-state index is 0.0327. The molecule has 3 atom stereocenters. The zero-order chi connectivity index (χ0) is 13.9. The van der Waals surface area contributed by atoms with Crippen LogP contribution in [0.5, 0.6) is 0 Å². The molecule has 1 aliphatic carbocycles. The molecule has 2 fully saturated rings. The summed E-state index contributed by atoms with van der Waals surface area (Å²) in [4.78, 5) is 13.7. The highest BCUT2D eigenvalue weighted by Crippen LogP contribution is 2.42. The highest BCUT2D eigenvalue weighted by molar-refractivity contribution is 6.00. The summed E-state index contributed by atoms with van der Waals surface area (Å²) in [5, 5.41) is 12.9. The van der Waals surface area contributed by atoms with Crippen molar-refractivity contribution in [2.24, 2.45) is 11.8 Å². The average molecular weight is 273 g/mol. The Morgan fingerprint density at radius 2 is 2.15 bits per heavy atom. The second-order valence-electron chi connectivity index (χ2n) is 6.27. The number of nitrogen functional groups attached to an aromatic ring is 1. The Labute approximate surface area is 117 Å². The molecule has 1 aromatic carbocycles. The number of hydrogen-bond acceptors (Lipinski definition) is 4. The lowest BCUT2D eigenvalue weighted by atomic mass is 10.00. The molecule has 1 saturated carbocycles. The highest BCUT2D eigenvalue weighted by atomic mass is 16.3. The number of anilines is 3. The summed E-state index contributed by atoms with van der Waals surface area (Å²) in [6.07, 6.45) is 2.28. The van der Waals surface area contributed by atoms with E-state index in [1.54, 1.807) is 0 Å². The summed E-state index contributed by atoms with van der Waals surface area (Å²) < 4.78 is 0. The maximum Gasteiger partial charge on any atom is 0.228 e. The molecule has 3 aliphatic rings. The fourth-order valence-electron chi connectivity index (χ4n) is 3.99. The first-order valence-electron chi connectivity index (χ1n) is 7.27. The van der Waals surface area contributed by atoms with Crippen molar-refractivity contribution >= 4 is 23.0 Å². The molecule has 5 heteroatoms. The largest absolute Gasteiger partial charge is 0.397 e. The van der Waals surface area contributed by atoms with Crippen LogP contribution in [0.2, 0.25) is 0 Å². The second kappa shape index (κ2) is 4.12. The van der Waals surface area contributed by atoms with E-state index in [4.69, 9.17) is 5.73 Å². The van der Waals surface area contributed by atoms with E-state index in [2.05, 4.69) is 10.2 Å². The SMILES string of the molecule is Nc1cc2c(cc1N1CC3CCC(O)C3C1)NC(=O)C2. The number of amides is 1. The van der Waals surface area contributed by atoms with E-state index in [9.17, 15) is 9.90 Å². The molecule has 4 rings (SSSR count). The van der Waals surface area contributed by atoms with Crippen LogP contribution in [-0.4, -0.2) is 30.2 Å². The number of benzene rings is 1. The van der Waals surface area contributed by atoms with Crippen LogP contribution in [0.1, 0.15) is 18.4 Å². The van der Waals surface area contributed by atoms with Crippen molar-refractivity contribution < 1.29 is 9.90 Å². The van der Waals surface area contributed by atoms with E-state index in [1.807, 2.05) is 12.1 Å². The second-order valence-corrected chi connectivity index (χ2v) is 6.27. The van der Waals surface area contributed by atoms with Crippen LogP contribution in [0, 0.1) is 11.8 Å². The molecule has 5 nitrogen and oxygen atoms in total. The molecule has 2 aliphatic heterocycles. The number of hydrogen-bond donors (Lipinski definition) is 3. The fourth-order valence-corrected chi connectivity index (χ4v) is 3.99. The molecule has 0 spiro atoms. The highest BCUT2D eigenvalue weighted by Gasteiger charge is 2.42. The summed E-state index contributed by atoms with van der Waals surface area (Å²) in [5.41, 5.74) is 9.75. The maximum atomic E-state index is 11.4. The standard InChI is InChI=1S/C15H19N3O2/c16-11-3-9-4-15(20)17-12(9)5-13(11)18-6-8-1-2-14(19)10(8)7-18/h3,5,8,10,14,19H,1-2,4,6-7,16H2,(H,17,20). The van der Waals surface area contributed by atoms with Crippen LogP contribution in [0.25, 0.3) is 0 Å². The van der Waals surface area contributed by atoms with E-state index in [1.165, 1.54) is 0 Å². The van der Waals surface area contributed by atoms with E-state index in [-0.39, 0.29) is 12.0 Å². The van der Waals surface area contributed by atoms with Crippen molar-refractivity contribution in [2.45, 2.75) is 25.4 Å². The number of rotatable bonds is 1. The quantitative estimate of drug-likeness (QED) is 0.666. The summed E-state index contributed by atoms with van der Waals surface area (Å²) in [5.74, 6) is 0.981. The maximum absolute atomic E-state index is 11.4. The zero-order valence-electron chi connectivity index (χ0n) is 11.3. The first kappa shape index (κ1) is 12.0. The molecule has 1 amide bonds. The topological polar surface area (TPSA) is 78.6 Å². The van der Waals surface area contributed by atoms with E-state index >= 15 is 0 Å². The molecule has 0 bridgehead atoms. The third kappa shape index (κ3) is 1.69. The van der Waals surface area contributed by atoms with Gasteiger partial charge in [0.2, 0.25) is 5.91 Å². The van der Waals surface area contributed by atoms with Gasteiger partial charge >= 0.3 is 0 Å². The average Bonchev–Trinajstić information content (AvgIpc) is 3.04. The molecule has 4 N–H and O–H groups in total. The Morgan fingerprint density at radius 1 is 1.30 bits per heavy atom. The minimum Gasteiger partial charge on any atom is -0.397 e. The fraction of sp³-hybridized carbons (Fsp3) is 0.533. The summed E-state index contributed by atoms with van der Waals surface area (Å²) in [7, 11) is 0. The normalized spacial score (nSPS) is 31.4. The third-order valence-corrected chi connectivity index (χ3v) is 5.04. The molecule has 3 unspecified atom stereocenters. The molecule has 106 valence electrons. The van der Waals surface area contributed by atoms with Gasteiger partial charge < -0.3 is 21.1 Å². The van der Waals surface area contributed by atoms with Gasteiger partial charge in [-0.2, -0.15) is 0 Å². The molecular weight excluding hydrogens is 254 g/mol. The van der Waals surface area contributed by atoms with Gasteiger partial charge in [-0.25, -0.2) is 0 Å². The lowest BCUT2D eigenvalue weighted by molar-refractivity contribution is -0.115. The zero-order valence-corrected chi connectivity index (χ0v) is 11.3. The molecule has 0 radical (unpaired) electrons. The monoisotopic (exact) mass is 273 g/mol. The number of aliphatic hydroxyl groups is 1. The van der Waals surface area contributed by atoms with Crippen molar-refractivity contribution in [3.63, 3.8) is 0 Å². The van der Waals surface area contributed by atoms with E-state index in [0.717, 1.165) is 48.6 Å². The Hall–Kier alpha value is -1.75. The summed E-state index contributed by atoms with van der Waals surface area (Å²) in [6.45, 7) is 1.82. The predicted octanol–water partition coefficient (Wildman–Crippen LogP) is 0.970. The minimum atomic E-state index is -0.166. The number of nitrogens with two attached hydrogens (primary N) is 1. The molecular formula is C15H19N3O2. The molecule has 20 heavy (non-hydrogen) atoms. The molecule has 0 aromatic heterocycles. The van der Waals surface area contributed by atoms with Gasteiger partial charge in [-0.1, -0.05) is 0 Å². The van der Waals surface area contributed by atoms with Crippen molar-refractivity contribution in [3.05, 3.63) is 17.7 Å². The van der Waals surface area contributed by atoms with Gasteiger partial charge in [-0.15, -0.1) is 0 Å². The Kier molecular flexibility index (Phi) is 2.48. The van der Waals surface area contributed by atoms with Crippen LogP contribution in [0.4, 0.5) is 17.1 Å². The van der Waals surface area contributed by atoms with Crippen molar-refractivity contribution in [2.75, 3.05) is 29.0 Å². The van der Waals surface area contributed by atoms with Gasteiger partial charge in [-0.05, 0) is 36.5 Å². The lowest BCUT2D eigenvalue weighted by Crippen LogP contribution is -2.25. The molecule has 2 heterocycles. The van der Waals surface area contributed by atoms with E-state index in [0.29, 0.717) is 18.3 Å². The Bertz CT molecular complexity index is 587. The number of nitrogens with one attached hydrogen (secondary N) is 1. The smallest absolute Gasteiger partial charge is 0.228 e. The number of nitrogens with zero attached hydrogens (tertiary/aromatic N) is 1. The number of carbonyl (C=O) groups excluding carboxylic acids is 1. The Balaban J connectivity index is 1.64. The van der Waals surface area contributed by atoms with Gasteiger partial charge in [0.05, 0.1) is 23.9 Å². The van der Waals surface area contributed by atoms with Crippen LogP contribution < -0.4 is 16.0 Å². The summed E-state index contributed by atoms with van der Waals surface area (Å²) in [6, 6.07) is 3.90. The van der Waals surface area contributed by atoms with Gasteiger partial charge in [0.15, 0.2) is 0 Å².